The molecule has 0 atom stereocenters. The van der Waals surface area contributed by atoms with Crippen molar-refractivity contribution in [3.63, 3.8) is 0 Å². The Balaban J connectivity index is 2.36. The van der Waals surface area contributed by atoms with Crippen LogP contribution in [0.5, 0.6) is 0 Å². The molecule has 0 spiro atoms. The van der Waals surface area contributed by atoms with E-state index in [1.165, 1.54) is 5.69 Å². The van der Waals surface area contributed by atoms with Crippen LogP contribution in [0.2, 0.25) is 0 Å². The van der Waals surface area contributed by atoms with Gasteiger partial charge in [0.25, 0.3) is 0 Å². The summed E-state index contributed by atoms with van der Waals surface area (Å²) in [4.78, 5) is 6.20. The van der Waals surface area contributed by atoms with Crippen LogP contribution in [-0.4, -0.2) is 23.6 Å². The van der Waals surface area contributed by atoms with Gasteiger partial charge in [0.15, 0.2) is 4.73 Å². The molecule has 1 aromatic heterocycles. The van der Waals surface area contributed by atoms with Gasteiger partial charge in [-0.25, -0.2) is 4.98 Å². The number of imidazole rings is 1. The summed E-state index contributed by atoms with van der Waals surface area (Å²) in [7, 11) is 4.06. The van der Waals surface area contributed by atoms with Crippen LogP contribution in [0, 0.1) is 0 Å². The lowest BCUT2D eigenvalue weighted by Gasteiger charge is -2.13. The molecule has 78 valence electrons. The highest BCUT2D eigenvalue weighted by Gasteiger charge is 2.01. The van der Waals surface area contributed by atoms with Crippen LogP contribution in [0.15, 0.2) is 41.4 Å². The maximum atomic E-state index is 4.12. The first-order valence-corrected chi connectivity index (χ1v) is 5.44. The molecule has 0 saturated heterocycles. The first-order chi connectivity index (χ1) is 7.18. The zero-order valence-corrected chi connectivity index (χ0v) is 10.3. The van der Waals surface area contributed by atoms with Crippen LogP contribution in [-0.2, 0) is 0 Å². The predicted molar refractivity (Wildman–Crippen MR) is 65.6 cm³/mol. The fraction of sp³-hybridized carbons (Fsp3) is 0.182. The van der Waals surface area contributed by atoms with Gasteiger partial charge >= 0.3 is 0 Å². The number of rotatable bonds is 2. The minimum absolute atomic E-state index is 0.820. The number of hydrogen-bond donors (Lipinski definition) is 0. The Hall–Kier alpha value is -1.29. The predicted octanol–water partition coefficient (Wildman–Crippen LogP) is 2.70. The highest BCUT2D eigenvalue weighted by molar-refractivity contribution is 9.10. The molecule has 0 bridgehead atoms. The van der Waals surface area contributed by atoms with Gasteiger partial charge in [-0.15, -0.1) is 0 Å². The van der Waals surface area contributed by atoms with Crippen LogP contribution < -0.4 is 4.90 Å². The average molecular weight is 266 g/mol. The summed E-state index contributed by atoms with van der Waals surface area (Å²) in [5.74, 6) is 0. The topological polar surface area (TPSA) is 21.1 Å². The number of hydrogen-bond acceptors (Lipinski definition) is 2. The molecule has 0 amide bonds. The molecule has 0 saturated carbocycles. The van der Waals surface area contributed by atoms with Crippen molar-refractivity contribution < 1.29 is 0 Å². The van der Waals surface area contributed by atoms with Gasteiger partial charge in [0.1, 0.15) is 0 Å². The molecule has 0 unspecified atom stereocenters. The molecule has 0 radical (unpaired) electrons. The molecular weight excluding hydrogens is 254 g/mol. The van der Waals surface area contributed by atoms with Gasteiger partial charge in [0.2, 0.25) is 0 Å². The standard InChI is InChI=1S/C11H12BrN3/c1-14(2)9-3-5-10(6-4-9)15-8-7-13-11(15)12/h3-8H,1-2H3. The molecule has 1 heterocycles. The van der Waals surface area contributed by atoms with E-state index in [-0.39, 0.29) is 0 Å². The Morgan fingerprint density at radius 2 is 1.87 bits per heavy atom. The lowest BCUT2D eigenvalue weighted by Crippen LogP contribution is -2.08. The van der Waals surface area contributed by atoms with Gasteiger partial charge < -0.3 is 4.90 Å². The smallest absolute Gasteiger partial charge is 0.181 e. The normalized spacial score (nSPS) is 10.3. The van der Waals surface area contributed by atoms with Crippen molar-refractivity contribution >= 4 is 21.6 Å². The molecule has 4 heteroatoms. The van der Waals surface area contributed by atoms with Gasteiger partial charge in [0, 0.05) is 37.9 Å². The summed E-state index contributed by atoms with van der Waals surface area (Å²) in [6.45, 7) is 0. The molecule has 2 aromatic rings. The van der Waals surface area contributed by atoms with Crippen molar-refractivity contribution in [1.29, 1.82) is 0 Å². The number of nitrogens with zero attached hydrogens (tertiary/aromatic N) is 3. The molecule has 1 aromatic carbocycles. The second kappa shape index (κ2) is 4.06. The number of benzene rings is 1. The van der Waals surface area contributed by atoms with Gasteiger partial charge in [-0.1, -0.05) is 0 Å². The minimum Gasteiger partial charge on any atom is -0.378 e. The van der Waals surface area contributed by atoms with Crippen molar-refractivity contribution in [1.82, 2.24) is 9.55 Å². The second-order valence-electron chi connectivity index (χ2n) is 3.48. The zero-order chi connectivity index (χ0) is 10.8. The van der Waals surface area contributed by atoms with Crippen LogP contribution in [0.3, 0.4) is 0 Å². The van der Waals surface area contributed by atoms with Gasteiger partial charge in [-0.3, -0.25) is 4.57 Å². The Labute approximate surface area is 97.5 Å². The first kappa shape index (κ1) is 10.2. The molecule has 0 fully saturated rings. The summed E-state index contributed by atoms with van der Waals surface area (Å²) in [6, 6.07) is 8.31. The van der Waals surface area contributed by atoms with Crippen LogP contribution in [0.1, 0.15) is 0 Å². The quantitative estimate of drug-likeness (QED) is 0.833. The van der Waals surface area contributed by atoms with Crippen molar-refractivity contribution in [2.75, 3.05) is 19.0 Å². The zero-order valence-electron chi connectivity index (χ0n) is 8.68. The highest BCUT2D eigenvalue weighted by Crippen LogP contribution is 2.18. The van der Waals surface area contributed by atoms with E-state index in [9.17, 15) is 0 Å². The van der Waals surface area contributed by atoms with Gasteiger partial charge in [-0.05, 0) is 40.2 Å². The molecule has 15 heavy (non-hydrogen) atoms. The summed E-state index contributed by atoms with van der Waals surface area (Å²) in [5, 5.41) is 0. The Morgan fingerprint density at radius 3 is 2.33 bits per heavy atom. The van der Waals surface area contributed by atoms with Crippen molar-refractivity contribution in [2.45, 2.75) is 0 Å². The fourth-order valence-electron chi connectivity index (χ4n) is 1.39. The van der Waals surface area contributed by atoms with Crippen molar-refractivity contribution in [2.24, 2.45) is 0 Å². The Bertz CT molecular complexity index is 445. The summed E-state index contributed by atoms with van der Waals surface area (Å²) in [6.07, 6.45) is 3.69. The lowest BCUT2D eigenvalue weighted by atomic mass is 10.2. The second-order valence-corrected chi connectivity index (χ2v) is 4.19. The number of halogens is 1. The Kier molecular flexibility index (Phi) is 2.77. The van der Waals surface area contributed by atoms with Gasteiger partial charge in [0.05, 0.1) is 0 Å². The first-order valence-electron chi connectivity index (χ1n) is 4.65. The number of aromatic nitrogens is 2. The Morgan fingerprint density at radius 1 is 1.20 bits per heavy atom. The fourth-order valence-corrected chi connectivity index (χ4v) is 1.83. The number of anilines is 1. The molecule has 0 N–H and O–H groups in total. The lowest BCUT2D eigenvalue weighted by molar-refractivity contribution is 1.01. The van der Waals surface area contributed by atoms with Crippen LogP contribution >= 0.6 is 15.9 Å². The van der Waals surface area contributed by atoms with Crippen molar-refractivity contribution in [3.05, 3.63) is 41.4 Å². The molecule has 0 aliphatic heterocycles. The van der Waals surface area contributed by atoms with E-state index in [1.54, 1.807) is 6.20 Å². The summed E-state index contributed by atoms with van der Waals surface area (Å²) in [5.41, 5.74) is 2.29. The molecular formula is C11H12BrN3. The van der Waals surface area contributed by atoms with E-state index in [0.717, 1.165) is 10.4 Å². The monoisotopic (exact) mass is 265 g/mol. The molecule has 0 aliphatic carbocycles. The van der Waals surface area contributed by atoms with E-state index >= 15 is 0 Å². The minimum atomic E-state index is 0.820. The average Bonchev–Trinajstić information content (AvgIpc) is 2.65. The third-order valence-corrected chi connectivity index (χ3v) is 2.83. The van der Waals surface area contributed by atoms with Crippen molar-refractivity contribution in [3.8, 4) is 5.69 Å². The third kappa shape index (κ3) is 2.04. The molecule has 2 rings (SSSR count). The van der Waals surface area contributed by atoms with Crippen LogP contribution in [0.25, 0.3) is 5.69 Å². The summed E-state index contributed by atoms with van der Waals surface area (Å²) >= 11 is 3.39. The molecule has 3 nitrogen and oxygen atoms in total. The van der Waals surface area contributed by atoms with Crippen LogP contribution in [0.4, 0.5) is 5.69 Å². The molecule has 0 aliphatic rings. The maximum absolute atomic E-state index is 4.12. The SMILES string of the molecule is CN(C)c1ccc(-n2ccnc2Br)cc1. The largest absolute Gasteiger partial charge is 0.378 e. The van der Waals surface area contributed by atoms with E-state index in [2.05, 4.69) is 50.1 Å². The van der Waals surface area contributed by atoms with E-state index < -0.39 is 0 Å². The van der Waals surface area contributed by atoms with E-state index in [4.69, 9.17) is 0 Å². The summed E-state index contributed by atoms with van der Waals surface area (Å²) < 4.78 is 2.81. The van der Waals surface area contributed by atoms with E-state index in [1.807, 2.05) is 24.9 Å². The highest BCUT2D eigenvalue weighted by atomic mass is 79.9. The third-order valence-electron chi connectivity index (χ3n) is 2.24. The van der Waals surface area contributed by atoms with E-state index in [0.29, 0.717) is 0 Å². The maximum Gasteiger partial charge on any atom is 0.181 e. The van der Waals surface area contributed by atoms with Gasteiger partial charge in [-0.2, -0.15) is 0 Å².